The van der Waals surface area contributed by atoms with Crippen molar-refractivity contribution in [3.8, 4) is 0 Å². The number of likely N-dealkylation sites (tertiary alicyclic amines) is 1. The van der Waals surface area contributed by atoms with Crippen molar-refractivity contribution in [3.05, 3.63) is 0 Å². The molecule has 0 radical (unpaired) electrons. The van der Waals surface area contributed by atoms with E-state index in [0.717, 1.165) is 32.5 Å². The van der Waals surface area contributed by atoms with E-state index >= 15 is 0 Å². The quantitative estimate of drug-likeness (QED) is 0.271. The molecule has 1 rings (SSSR count). The lowest BCUT2D eigenvalue weighted by Crippen LogP contribution is -2.38. The molecule has 88 valence electrons. The van der Waals surface area contributed by atoms with Crippen molar-refractivity contribution in [1.82, 2.24) is 4.90 Å². The van der Waals surface area contributed by atoms with Gasteiger partial charge < -0.3 is 20.9 Å². The Kier molecular flexibility index (Phi) is 4.84. The van der Waals surface area contributed by atoms with Crippen LogP contribution in [0.3, 0.4) is 0 Å². The lowest BCUT2D eigenvalue weighted by atomic mass is 9.92. The highest BCUT2D eigenvalue weighted by molar-refractivity contribution is 5.79. The third-order valence-corrected chi connectivity index (χ3v) is 3.13. The first kappa shape index (κ1) is 12.3. The van der Waals surface area contributed by atoms with Gasteiger partial charge in [0.2, 0.25) is 0 Å². The van der Waals surface area contributed by atoms with Crippen LogP contribution < -0.4 is 5.73 Å². The molecule has 5 heteroatoms. The molecule has 4 N–H and O–H groups in total. The van der Waals surface area contributed by atoms with Crippen molar-refractivity contribution >= 4 is 5.84 Å². The van der Waals surface area contributed by atoms with Crippen molar-refractivity contribution in [1.29, 1.82) is 0 Å². The van der Waals surface area contributed by atoms with Gasteiger partial charge >= 0.3 is 0 Å². The maximum Gasteiger partial charge on any atom is 0.140 e. The van der Waals surface area contributed by atoms with Crippen molar-refractivity contribution in [2.75, 3.05) is 19.6 Å². The van der Waals surface area contributed by atoms with E-state index in [1.165, 1.54) is 0 Å². The Balaban J connectivity index is 2.20. The minimum atomic E-state index is -0.198. The van der Waals surface area contributed by atoms with Gasteiger partial charge in [-0.15, -0.1) is 0 Å². The number of rotatable bonds is 4. The standard InChI is InChI=1S/C10H21N3O2/c1-8(14)9-2-5-13(6-3-9)7-4-10(11)12-15/h8-9,14-15H,2-7H2,1H3,(H2,11,12). The summed E-state index contributed by atoms with van der Waals surface area (Å²) in [6, 6.07) is 0. The van der Waals surface area contributed by atoms with Crippen LogP contribution in [0.4, 0.5) is 0 Å². The zero-order chi connectivity index (χ0) is 11.3. The normalized spacial score (nSPS) is 22.9. The van der Waals surface area contributed by atoms with Crippen LogP contribution in [0.25, 0.3) is 0 Å². The molecule has 0 aromatic heterocycles. The average molecular weight is 215 g/mol. The zero-order valence-corrected chi connectivity index (χ0v) is 9.26. The van der Waals surface area contributed by atoms with Crippen LogP contribution in [0.15, 0.2) is 5.16 Å². The van der Waals surface area contributed by atoms with Crippen LogP contribution in [0.2, 0.25) is 0 Å². The fourth-order valence-corrected chi connectivity index (χ4v) is 1.98. The molecule has 1 fully saturated rings. The molecule has 1 atom stereocenters. The fourth-order valence-electron chi connectivity index (χ4n) is 1.98. The molecule has 1 saturated heterocycles. The molecule has 15 heavy (non-hydrogen) atoms. The van der Waals surface area contributed by atoms with E-state index in [0.29, 0.717) is 12.3 Å². The first-order valence-corrected chi connectivity index (χ1v) is 5.50. The molecule has 1 aliphatic heterocycles. The zero-order valence-electron chi connectivity index (χ0n) is 9.26. The first-order valence-electron chi connectivity index (χ1n) is 5.50. The van der Waals surface area contributed by atoms with Gasteiger partial charge in [0.25, 0.3) is 0 Å². The molecule has 0 aromatic carbocycles. The van der Waals surface area contributed by atoms with Gasteiger partial charge in [-0.3, -0.25) is 0 Å². The second-order valence-corrected chi connectivity index (χ2v) is 4.26. The molecule has 0 bridgehead atoms. The molecule has 5 nitrogen and oxygen atoms in total. The molecular formula is C10H21N3O2. The highest BCUT2D eigenvalue weighted by atomic mass is 16.4. The van der Waals surface area contributed by atoms with Crippen LogP contribution in [-0.2, 0) is 0 Å². The minimum absolute atomic E-state index is 0.198. The van der Waals surface area contributed by atoms with Crippen LogP contribution >= 0.6 is 0 Å². The Labute approximate surface area is 90.6 Å². The SMILES string of the molecule is CC(O)C1CCN(CCC(N)=NO)CC1. The van der Waals surface area contributed by atoms with Gasteiger partial charge in [-0.25, -0.2) is 0 Å². The molecular weight excluding hydrogens is 194 g/mol. The van der Waals surface area contributed by atoms with Crippen molar-refractivity contribution in [2.24, 2.45) is 16.8 Å². The maximum absolute atomic E-state index is 9.43. The predicted molar refractivity (Wildman–Crippen MR) is 58.9 cm³/mol. The predicted octanol–water partition coefficient (Wildman–Crippen LogP) is 0.216. The van der Waals surface area contributed by atoms with E-state index in [1.54, 1.807) is 0 Å². The number of oxime groups is 1. The van der Waals surface area contributed by atoms with Crippen molar-refractivity contribution in [2.45, 2.75) is 32.3 Å². The van der Waals surface area contributed by atoms with Crippen LogP contribution in [0.1, 0.15) is 26.2 Å². The minimum Gasteiger partial charge on any atom is -0.409 e. The van der Waals surface area contributed by atoms with E-state index in [-0.39, 0.29) is 11.9 Å². The summed E-state index contributed by atoms with van der Waals surface area (Å²) >= 11 is 0. The lowest BCUT2D eigenvalue weighted by Gasteiger charge is -2.33. The Morgan fingerprint density at radius 1 is 1.53 bits per heavy atom. The van der Waals surface area contributed by atoms with E-state index in [1.807, 2.05) is 6.92 Å². The topological polar surface area (TPSA) is 82.1 Å². The third kappa shape index (κ3) is 4.05. The molecule has 1 aliphatic rings. The second-order valence-electron chi connectivity index (χ2n) is 4.26. The number of nitrogens with two attached hydrogens (primary N) is 1. The monoisotopic (exact) mass is 215 g/mol. The van der Waals surface area contributed by atoms with Gasteiger partial charge in [-0.2, -0.15) is 0 Å². The highest BCUT2D eigenvalue weighted by Crippen LogP contribution is 2.20. The Morgan fingerprint density at radius 2 is 2.13 bits per heavy atom. The maximum atomic E-state index is 9.43. The van der Waals surface area contributed by atoms with E-state index < -0.39 is 0 Å². The van der Waals surface area contributed by atoms with E-state index in [4.69, 9.17) is 10.9 Å². The second kappa shape index (κ2) is 5.92. The first-order chi connectivity index (χ1) is 7.13. The Morgan fingerprint density at radius 3 is 2.60 bits per heavy atom. The third-order valence-electron chi connectivity index (χ3n) is 3.13. The van der Waals surface area contributed by atoms with Crippen LogP contribution in [0.5, 0.6) is 0 Å². The Hall–Kier alpha value is -0.810. The van der Waals surface area contributed by atoms with Gasteiger partial charge in [-0.1, -0.05) is 5.16 Å². The molecule has 1 unspecified atom stereocenters. The number of piperidine rings is 1. The number of hydrogen-bond acceptors (Lipinski definition) is 4. The van der Waals surface area contributed by atoms with Gasteiger partial charge in [0, 0.05) is 13.0 Å². The number of aliphatic hydroxyl groups is 1. The van der Waals surface area contributed by atoms with E-state index in [2.05, 4.69) is 10.1 Å². The summed E-state index contributed by atoms with van der Waals surface area (Å²) in [6.45, 7) is 4.68. The van der Waals surface area contributed by atoms with Crippen molar-refractivity contribution in [3.63, 3.8) is 0 Å². The lowest BCUT2D eigenvalue weighted by molar-refractivity contribution is 0.0727. The molecule has 1 heterocycles. The summed E-state index contributed by atoms with van der Waals surface area (Å²) in [4.78, 5) is 2.29. The van der Waals surface area contributed by atoms with Crippen LogP contribution in [-0.4, -0.2) is 46.8 Å². The smallest absolute Gasteiger partial charge is 0.140 e. The summed E-state index contributed by atoms with van der Waals surface area (Å²) < 4.78 is 0. The highest BCUT2D eigenvalue weighted by Gasteiger charge is 2.22. The van der Waals surface area contributed by atoms with Gasteiger partial charge in [0.1, 0.15) is 5.84 Å². The largest absolute Gasteiger partial charge is 0.409 e. The summed E-state index contributed by atoms with van der Waals surface area (Å²) in [6.07, 6.45) is 2.48. The number of aliphatic hydroxyl groups excluding tert-OH is 1. The van der Waals surface area contributed by atoms with Crippen LogP contribution in [0, 0.1) is 5.92 Å². The number of hydrogen-bond donors (Lipinski definition) is 3. The molecule has 0 aromatic rings. The molecule has 0 amide bonds. The fraction of sp³-hybridized carbons (Fsp3) is 0.900. The molecule has 0 saturated carbocycles. The average Bonchev–Trinajstić information content (AvgIpc) is 2.26. The Bertz CT molecular complexity index is 211. The summed E-state index contributed by atoms with van der Waals surface area (Å²) in [5, 5.41) is 20.8. The summed E-state index contributed by atoms with van der Waals surface area (Å²) in [5.74, 6) is 0.720. The van der Waals surface area contributed by atoms with Gasteiger partial charge in [0.05, 0.1) is 6.10 Å². The van der Waals surface area contributed by atoms with E-state index in [9.17, 15) is 5.11 Å². The summed E-state index contributed by atoms with van der Waals surface area (Å²) in [5.41, 5.74) is 5.40. The number of nitrogens with zero attached hydrogens (tertiary/aromatic N) is 2. The molecule has 0 spiro atoms. The van der Waals surface area contributed by atoms with Gasteiger partial charge in [0.15, 0.2) is 0 Å². The number of amidine groups is 1. The van der Waals surface area contributed by atoms with Gasteiger partial charge in [-0.05, 0) is 38.8 Å². The molecule has 0 aliphatic carbocycles. The summed E-state index contributed by atoms with van der Waals surface area (Å²) in [7, 11) is 0. The van der Waals surface area contributed by atoms with Crippen molar-refractivity contribution < 1.29 is 10.3 Å².